The van der Waals surface area contributed by atoms with Gasteiger partial charge in [-0.15, -0.1) is 0 Å². The summed E-state index contributed by atoms with van der Waals surface area (Å²) in [6.07, 6.45) is 1.98. The minimum absolute atomic E-state index is 0.0733. The van der Waals surface area contributed by atoms with Crippen LogP contribution in [0.25, 0.3) is 22.5 Å². The number of aromatic nitrogens is 2. The average molecular weight is 378 g/mol. The van der Waals surface area contributed by atoms with E-state index in [0.29, 0.717) is 10.8 Å². The van der Waals surface area contributed by atoms with Gasteiger partial charge in [-0.25, -0.2) is 0 Å². The fourth-order valence-corrected chi connectivity index (χ4v) is 3.41. The summed E-state index contributed by atoms with van der Waals surface area (Å²) < 4.78 is 5.68. The zero-order chi connectivity index (χ0) is 19.0. The summed E-state index contributed by atoms with van der Waals surface area (Å²) in [4.78, 5) is 0. The number of halogens is 1. The normalized spacial score (nSPS) is 14.8. The minimum Gasteiger partial charge on any atom is -0.489 e. The van der Waals surface area contributed by atoms with Gasteiger partial charge in [0.15, 0.2) is 0 Å². The summed E-state index contributed by atoms with van der Waals surface area (Å²) in [6.45, 7) is 3.94. The Morgan fingerprint density at radius 3 is 2.41 bits per heavy atom. The molecule has 0 amide bonds. The van der Waals surface area contributed by atoms with Gasteiger partial charge in [-0.05, 0) is 62.1 Å². The number of nitrogens with one attached hydrogen (secondary N) is 1. The second-order valence-corrected chi connectivity index (χ2v) is 7.66. The van der Waals surface area contributed by atoms with E-state index in [1.54, 1.807) is 0 Å². The van der Waals surface area contributed by atoms with E-state index in [0.717, 1.165) is 40.9 Å². The molecule has 136 valence electrons. The number of nitriles is 1. The Morgan fingerprint density at radius 1 is 1.11 bits per heavy atom. The number of aromatic amines is 1. The van der Waals surface area contributed by atoms with Crippen molar-refractivity contribution in [2.45, 2.75) is 38.2 Å². The van der Waals surface area contributed by atoms with Gasteiger partial charge in [-0.2, -0.15) is 10.4 Å². The summed E-state index contributed by atoms with van der Waals surface area (Å²) in [5.41, 5.74) is 4.56. The van der Waals surface area contributed by atoms with Crippen LogP contribution in [-0.2, 0) is 5.41 Å². The van der Waals surface area contributed by atoms with Crippen LogP contribution in [0, 0.1) is 11.3 Å². The molecule has 1 aliphatic rings. The summed E-state index contributed by atoms with van der Waals surface area (Å²) in [5.74, 6) is 0.674. The lowest BCUT2D eigenvalue weighted by atomic mass is 9.96. The van der Waals surface area contributed by atoms with Crippen molar-refractivity contribution in [1.82, 2.24) is 10.2 Å². The van der Waals surface area contributed by atoms with Crippen LogP contribution in [0.1, 0.15) is 32.3 Å². The molecule has 0 spiro atoms. The summed E-state index contributed by atoms with van der Waals surface area (Å²) >= 11 is 6.34. The van der Waals surface area contributed by atoms with Crippen molar-refractivity contribution in [3.8, 4) is 34.3 Å². The van der Waals surface area contributed by atoms with E-state index in [4.69, 9.17) is 16.3 Å². The standard InChI is InChI=1S/C22H20ClN3O/c1-14(2)27-21-8-5-16(11-18(21)23)20-12-19(25-26-20)15-3-6-17(7-4-15)22(13-24)9-10-22/h3-8,11-12,14H,9-10H2,1-2H3,(H,25,26). The Morgan fingerprint density at radius 2 is 1.81 bits per heavy atom. The van der Waals surface area contributed by atoms with Crippen molar-refractivity contribution in [3.05, 3.63) is 59.1 Å². The largest absolute Gasteiger partial charge is 0.489 e. The van der Waals surface area contributed by atoms with Gasteiger partial charge in [0.05, 0.1) is 34.0 Å². The lowest BCUT2D eigenvalue weighted by Gasteiger charge is -2.11. The van der Waals surface area contributed by atoms with Crippen molar-refractivity contribution in [2.75, 3.05) is 0 Å². The molecule has 0 unspecified atom stereocenters. The van der Waals surface area contributed by atoms with E-state index in [1.165, 1.54) is 0 Å². The van der Waals surface area contributed by atoms with Gasteiger partial charge >= 0.3 is 0 Å². The van der Waals surface area contributed by atoms with E-state index in [1.807, 2.05) is 62.4 Å². The molecular formula is C22H20ClN3O. The van der Waals surface area contributed by atoms with Gasteiger partial charge in [0.25, 0.3) is 0 Å². The van der Waals surface area contributed by atoms with Crippen LogP contribution in [0.3, 0.4) is 0 Å². The number of ether oxygens (including phenoxy) is 1. The number of nitrogens with zero attached hydrogens (tertiary/aromatic N) is 2. The van der Waals surface area contributed by atoms with Gasteiger partial charge in [0, 0.05) is 5.56 Å². The fourth-order valence-electron chi connectivity index (χ4n) is 3.19. The quantitative estimate of drug-likeness (QED) is 0.616. The van der Waals surface area contributed by atoms with E-state index in [2.05, 4.69) is 16.3 Å². The van der Waals surface area contributed by atoms with Crippen LogP contribution in [0.4, 0.5) is 0 Å². The van der Waals surface area contributed by atoms with Crippen molar-refractivity contribution in [1.29, 1.82) is 5.26 Å². The zero-order valence-electron chi connectivity index (χ0n) is 15.3. The first-order valence-corrected chi connectivity index (χ1v) is 9.43. The molecule has 0 bridgehead atoms. The van der Waals surface area contributed by atoms with Crippen LogP contribution in [-0.4, -0.2) is 16.3 Å². The Kier molecular flexibility index (Phi) is 4.41. The van der Waals surface area contributed by atoms with Gasteiger partial charge < -0.3 is 4.74 Å². The van der Waals surface area contributed by atoms with Gasteiger partial charge in [-0.3, -0.25) is 5.10 Å². The molecule has 1 aliphatic carbocycles. The molecule has 0 saturated heterocycles. The predicted octanol–water partition coefficient (Wildman–Crippen LogP) is 5.74. The number of rotatable bonds is 5. The highest BCUT2D eigenvalue weighted by atomic mass is 35.5. The molecule has 27 heavy (non-hydrogen) atoms. The topological polar surface area (TPSA) is 61.7 Å². The molecule has 0 atom stereocenters. The highest BCUT2D eigenvalue weighted by Crippen LogP contribution is 2.47. The second-order valence-electron chi connectivity index (χ2n) is 7.25. The lowest BCUT2D eigenvalue weighted by Crippen LogP contribution is -2.05. The molecule has 1 heterocycles. The lowest BCUT2D eigenvalue weighted by molar-refractivity contribution is 0.242. The van der Waals surface area contributed by atoms with Crippen LogP contribution >= 0.6 is 11.6 Å². The highest BCUT2D eigenvalue weighted by molar-refractivity contribution is 6.32. The number of H-pyrrole nitrogens is 1. The van der Waals surface area contributed by atoms with Crippen LogP contribution < -0.4 is 4.74 Å². The number of hydrogen-bond acceptors (Lipinski definition) is 3. The zero-order valence-corrected chi connectivity index (χ0v) is 16.0. The van der Waals surface area contributed by atoms with Crippen LogP contribution in [0.5, 0.6) is 5.75 Å². The summed E-state index contributed by atoms with van der Waals surface area (Å²) in [7, 11) is 0. The Balaban J connectivity index is 1.57. The van der Waals surface area contributed by atoms with E-state index >= 15 is 0 Å². The van der Waals surface area contributed by atoms with Crippen molar-refractivity contribution in [2.24, 2.45) is 0 Å². The van der Waals surface area contributed by atoms with Crippen LogP contribution in [0.2, 0.25) is 5.02 Å². The summed E-state index contributed by atoms with van der Waals surface area (Å²) in [5, 5.41) is 17.4. The monoisotopic (exact) mass is 377 g/mol. The molecule has 1 saturated carbocycles. The molecule has 3 aromatic rings. The third-order valence-corrected chi connectivity index (χ3v) is 5.18. The molecule has 1 fully saturated rings. The third kappa shape index (κ3) is 3.43. The van der Waals surface area contributed by atoms with Crippen molar-refractivity contribution >= 4 is 11.6 Å². The van der Waals surface area contributed by atoms with Gasteiger partial charge in [0.2, 0.25) is 0 Å². The SMILES string of the molecule is CC(C)Oc1ccc(-c2cc(-c3ccc(C4(C#N)CC4)cc3)[nH]n2)cc1Cl. The van der Waals surface area contributed by atoms with Gasteiger partial charge in [0.1, 0.15) is 5.75 Å². The first-order chi connectivity index (χ1) is 13.0. The first-order valence-electron chi connectivity index (χ1n) is 9.05. The second kappa shape index (κ2) is 6.75. The van der Waals surface area contributed by atoms with Crippen molar-refractivity contribution in [3.63, 3.8) is 0 Å². The Labute approximate surface area is 163 Å². The van der Waals surface area contributed by atoms with Gasteiger partial charge in [-0.1, -0.05) is 35.9 Å². The molecule has 0 radical (unpaired) electrons. The molecule has 0 aliphatic heterocycles. The smallest absolute Gasteiger partial charge is 0.138 e. The molecular weight excluding hydrogens is 358 g/mol. The van der Waals surface area contributed by atoms with E-state index < -0.39 is 0 Å². The number of hydrogen-bond donors (Lipinski definition) is 1. The predicted molar refractivity (Wildman–Crippen MR) is 107 cm³/mol. The fraction of sp³-hybridized carbons (Fsp3) is 0.273. The average Bonchev–Trinajstić information content (AvgIpc) is 3.32. The number of benzene rings is 2. The van der Waals surface area contributed by atoms with Crippen molar-refractivity contribution < 1.29 is 4.74 Å². The maximum atomic E-state index is 9.33. The first kappa shape index (κ1) is 17.6. The molecule has 2 aromatic carbocycles. The highest BCUT2D eigenvalue weighted by Gasteiger charge is 2.44. The molecule has 4 rings (SSSR count). The Hall–Kier alpha value is -2.77. The summed E-state index contributed by atoms with van der Waals surface area (Å²) in [6, 6.07) is 18.3. The van der Waals surface area contributed by atoms with E-state index in [9.17, 15) is 5.26 Å². The van der Waals surface area contributed by atoms with Crippen LogP contribution in [0.15, 0.2) is 48.5 Å². The molecule has 4 nitrogen and oxygen atoms in total. The molecule has 1 aromatic heterocycles. The third-order valence-electron chi connectivity index (χ3n) is 4.88. The minimum atomic E-state index is -0.256. The maximum absolute atomic E-state index is 9.33. The van der Waals surface area contributed by atoms with E-state index in [-0.39, 0.29) is 11.5 Å². The Bertz CT molecular complexity index is 1010. The maximum Gasteiger partial charge on any atom is 0.138 e. The molecule has 1 N–H and O–H groups in total. The molecule has 5 heteroatoms.